The molecule has 1 aromatic heterocycles. The number of benzene rings is 1. The third-order valence-corrected chi connectivity index (χ3v) is 4.76. The van der Waals surface area contributed by atoms with Gasteiger partial charge in [-0.1, -0.05) is 11.8 Å². The van der Waals surface area contributed by atoms with Gasteiger partial charge in [0.15, 0.2) is 5.17 Å². The van der Waals surface area contributed by atoms with Gasteiger partial charge in [-0.3, -0.25) is 9.59 Å². The molecule has 2 heterocycles. The summed E-state index contributed by atoms with van der Waals surface area (Å²) in [5.41, 5.74) is 0.643. The summed E-state index contributed by atoms with van der Waals surface area (Å²) in [4.78, 5) is 24.3. The summed E-state index contributed by atoms with van der Waals surface area (Å²) < 4.78 is 10.7. The van der Waals surface area contributed by atoms with Crippen molar-refractivity contribution < 1.29 is 18.7 Å². The van der Waals surface area contributed by atoms with E-state index in [-0.39, 0.29) is 18.2 Å². The van der Waals surface area contributed by atoms with Gasteiger partial charge in [0.1, 0.15) is 22.5 Å². The summed E-state index contributed by atoms with van der Waals surface area (Å²) in [6, 6.07) is 10.7. The van der Waals surface area contributed by atoms with Crippen LogP contribution in [0.3, 0.4) is 0 Å². The van der Waals surface area contributed by atoms with E-state index in [0.29, 0.717) is 23.2 Å². The number of nitrogens with one attached hydrogen (secondary N) is 2. The SMILES string of the molecule is CCOc1ccc(NC(=O)CC2S/C(=N/N=Cc3ccc(C)o3)NC2=O)cc1. The Kier molecular flexibility index (Phi) is 6.49. The van der Waals surface area contributed by atoms with Gasteiger partial charge in [-0.15, -0.1) is 5.10 Å². The molecule has 0 bridgehead atoms. The van der Waals surface area contributed by atoms with Crippen LogP contribution in [0.25, 0.3) is 0 Å². The Morgan fingerprint density at radius 1 is 1.32 bits per heavy atom. The van der Waals surface area contributed by atoms with E-state index >= 15 is 0 Å². The van der Waals surface area contributed by atoms with Gasteiger partial charge in [0.2, 0.25) is 11.8 Å². The Bertz CT molecular complexity index is 905. The number of rotatable bonds is 7. The molecule has 0 saturated carbocycles. The maximum Gasteiger partial charge on any atom is 0.240 e. The number of anilines is 1. The zero-order chi connectivity index (χ0) is 19.9. The minimum Gasteiger partial charge on any atom is -0.494 e. The van der Waals surface area contributed by atoms with E-state index in [4.69, 9.17) is 9.15 Å². The van der Waals surface area contributed by atoms with Crippen LogP contribution in [0.2, 0.25) is 0 Å². The van der Waals surface area contributed by atoms with Crippen molar-refractivity contribution in [3.05, 3.63) is 47.9 Å². The standard InChI is InChI=1S/C19H20N4O4S/c1-3-26-14-8-5-13(6-9-14)21-17(24)10-16-18(25)22-19(28-16)23-20-11-15-7-4-12(2)27-15/h4-9,11,16H,3,10H2,1-2H3,(H,21,24)(H,22,23,25). The number of amidine groups is 1. The molecule has 28 heavy (non-hydrogen) atoms. The molecule has 1 saturated heterocycles. The molecule has 0 spiro atoms. The fourth-order valence-corrected chi connectivity index (χ4v) is 3.35. The number of carbonyl (C=O) groups is 2. The molecule has 1 atom stereocenters. The molecular weight excluding hydrogens is 380 g/mol. The smallest absolute Gasteiger partial charge is 0.240 e. The van der Waals surface area contributed by atoms with E-state index in [2.05, 4.69) is 20.8 Å². The van der Waals surface area contributed by atoms with Gasteiger partial charge in [0, 0.05) is 12.1 Å². The van der Waals surface area contributed by atoms with E-state index in [1.165, 1.54) is 18.0 Å². The monoisotopic (exact) mass is 400 g/mol. The van der Waals surface area contributed by atoms with E-state index in [0.717, 1.165) is 11.5 Å². The number of amides is 2. The van der Waals surface area contributed by atoms with Crippen LogP contribution in [-0.2, 0) is 9.59 Å². The summed E-state index contributed by atoms with van der Waals surface area (Å²) >= 11 is 1.17. The highest BCUT2D eigenvalue weighted by atomic mass is 32.2. The van der Waals surface area contributed by atoms with Gasteiger partial charge < -0.3 is 19.8 Å². The fraction of sp³-hybridized carbons (Fsp3) is 0.263. The first kappa shape index (κ1) is 19.7. The van der Waals surface area contributed by atoms with Crippen molar-refractivity contribution in [3.63, 3.8) is 0 Å². The Labute approximate surface area is 166 Å². The van der Waals surface area contributed by atoms with Gasteiger partial charge in [0.05, 0.1) is 12.8 Å². The molecule has 2 aromatic rings. The van der Waals surface area contributed by atoms with Crippen LogP contribution in [0.5, 0.6) is 5.75 Å². The molecule has 3 rings (SSSR count). The van der Waals surface area contributed by atoms with Gasteiger partial charge in [-0.05, 0) is 50.2 Å². The molecular formula is C19H20N4O4S. The van der Waals surface area contributed by atoms with Crippen LogP contribution in [0, 0.1) is 6.92 Å². The normalized spacial score (nSPS) is 17.9. The van der Waals surface area contributed by atoms with Crippen molar-refractivity contribution in [2.75, 3.05) is 11.9 Å². The molecule has 1 aromatic carbocycles. The maximum absolute atomic E-state index is 12.2. The summed E-state index contributed by atoms with van der Waals surface area (Å²) in [5.74, 6) is 1.55. The summed E-state index contributed by atoms with van der Waals surface area (Å²) in [6.07, 6.45) is 1.49. The van der Waals surface area contributed by atoms with Crippen LogP contribution in [-0.4, -0.2) is 35.1 Å². The van der Waals surface area contributed by atoms with Crippen LogP contribution >= 0.6 is 11.8 Å². The number of ether oxygens (including phenoxy) is 1. The Morgan fingerprint density at radius 3 is 2.79 bits per heavy atom. The third-order valence-electron chi connectivity index (χ3n) is 3.69. The van der Waals surface area contributed by atoms with E-state index in [1.54, 1.807) is 30.3 Å². The van der Waals surface area contributed by atoms with E-state index < -0.39 is 5.25 Å². The highest BCUT2D eigenvalue weighted by molar-refractivity contribution is 8.15. The lowest BCUT2D eigenvalue weighted by molar-refractivity contribution is -0.122. The number of aryl methyl sites for hydroxylation is 1. The van der Waals surface area contributed by atoms with Crippen LogP contribution < -0.4 is 15.4 Å². The first-order chi connectivity index (χ1) is 13.5. The Morgan fingerprint density at radius 2 is 2.11 bits per heavy atom. The average Bonchev–Trinajstić information content (AvgIpc) is 3.22. The molecule has 2 amide bonds. The molecule has 0 aliphatic carbocycles. The predicted molar refractivity (Wildman–Crippen MR) is 109 cm³/mol. The molecule has 1 aliphatic heterocycles. The van der Waals surface area contributed by atoms with Crippen LogP contribution in [0.4, 0.5) is 5.69 Å². The average molecular weight is 400 g/mol. The number of thioether (sulfide) groups is 1. The summed E-state index contributed by atoms with van der Waals surface area (Å²) in [6.45, 7) is 4.31. The van der Waals surface area contributed by atoms with Gasteiger partial charge in [-0.25, -0.2) is 0 Å². The lowest BCUT2D eigenvalue weighted by Crippen LogP contribution is -2.28. The maximum atomic E-state index is 12.2. The zero-order valence-electron chi connectivity index (χ0n) is 15.5. The molecule has 1 aliphatic rings. The summed E-state index contributed by atoms with van der Waals surface area (Å²) in [5, 5.41) is 13.0. The highest BCUT2D eigenvalue weighted by Crippen LogP contribution is 2.23. The van der Waals surface area contributed by atoms with Gasteiger partial charge >= 0.3 is 0 Å². The van der Waals surface area contributed by atoms with Crippen molar-refractivity contribution in [2.45, 2.75) is 25.5 Å². The Balaban J connectivity index is 1.51. The van der Waals surface area contributed by atoms with Crippen LogP contribution in [0.1, 0.15) is 24.9 Å². The lowest BCUT2D eigenvalue weighted by Gasteiger charge is -2.08. The fourth-order valence-electron chi connectivity index (χ4n) is 2.43. The Hall–Kier alpha value is -3.07. The van der Waals surface area contributed by atoms with Crippen molar-refractivity contribution in [1.29, 1.82) is 0 Å². The molecule has 8 nitrogen and oxygen atoms in total. The highest BCUT2D eigenvalue weighted by Gasteiger charge is 2.32. The first-order valence-electron chi connectivity index (χ1n) is 8.71. The second kappa shape index (κ2) is 9.23. The van der Waals surface area contributed by atoms with E-state index in [1.807, 2.05) is 19.9 Å². The van der Waals surface area contributed by atoms with Crippen molar-refractivity contribution >= 4 is 40.6 Å². The van der Waals surface area contributed by atoms with Crippen molar-refractivity contribution in [3.8, 4) is 5.75 Å². The number of nitrogens with zero attached hydrogens (tertiary/aromatic N) is 2. The van der Waals surface area contributed by atoms with Crippen molar-refractivity contribution in [2.24, 2.45) is 10.2 Å². The first-order valence-corrected chi connectivity index (χ1v) is 9.59. The topological polar surface area (TPSA) is 105 Å². The molecule has 146 valence electrons. The zero-order valence-corrected chi connectivity index (χ0v) is 16.3. The lowest BCUT2D eigenvalue weighted by atomic mass is 10.2. The largest absolute Gasteiger partial charge is 0.494 e. The van der Waals surface area contributed by atoms with Gasteiger partial charge in [0.25, 0.3) is 0 Å². The number of hydrogen-bond donors (Lipinski definition) is 2. The predicted octanol–water partition coefficient (Wildman–Crippen LogP) is 2.94. The number of hydrogen-bond acceptors (Lipinski definition) is 7. The van der Waals surface area contributed by atoms with Crippen molar-refractivity contribution in [1.82, 2.24) is 5.32 Å². The minimum atomic E-state index is -0.553. The number of furan rings is 1. The summed E-state index contributed by atoms with van der Waals surface area (Å²) in [7, 11) is 0. The quantitative estimate of drug-likeness (QED) is 0.549. The number of carbonyl (C=O) groups excluding carboxylic acids is 2. The second-order valence-electron chi connectivity index (χ2n) is 5.90. The third kappa shape index (κ3) is 5.46. The second-order valence-corrected chi connectivity index (χ2v) is 7.10. The molecule has 1 fully saturated rings. The van der Waals surface area contributed by atoms with E-state index in [9.17, 15) is 9.59 Å². The molecule has 2 N–H and O–H groups in total. The van der Waals surface area contributed by atoms with Crippen LogP contribution in [0.15, 0.2) is 51.0 Å². The van der Waals surface area contributed by atoms with Gasteiger partial charge in [-0.2, -0.15) is 5.10 Å². The molecule has 0 radical (unpaired) electrons. The minimum absolute atomic E-state index is 0.0316. The molecule has 9 heteroatoms. The molecule has 1 unspecified atom stereocenters.